The van der Waals surface area contributed by atoms with Crippen LogP contribution in [0.5, 0.6) is 0 Å². The van der Waals surface area contributed by atoms with Crippen LogP contribution >= 0.6 is 0 Å². The molecule has 1 aliphatic rings. The highest BCUT2D eigenvalue weighted by atomic mass is 16.2. The highest BCUT2D eigenvalue weighted by Crippen LogP contribution is 2.31. The Balaban J connectivity index is 1.74. The zero-order valence-electron chi connectivity index (χ0n) is 12.9. The number of benzene rings is 2. The van der Waals surface area contributed by atoms with Crippen molar-refractivity contribution in [1.29, 1.82) is 0 Å². The molecular weight excluding hydrogens is 270 g/mol. The smallest absolute Gasteiger partial charge is 0.247 e. The Bertz CT molecular complexity index is 675. The minimum Gasteiger partial charge on any atom is -0.332 e. The second-order valence-corrected chi connectivity index (χ2v) is 5.85. The van der Waals surface area contributed by atoms with E-state index < -0.39 is 0 Å². The van der Waals surface area contributed by atoms with Gasteiger partial charge in [0.2, 0.25) is 5.91 Å². The zero-order valence-corrected chi connectivity index (χ0v) is 12.9. The molecule has 0 bridgehead atoms. The molecule has 0 saturated carbocycles. The first-order valence-corrected chi connectivity index (χ1v) is 7.84. The molecule has 0 aromatic heterocycles. The quantitative estimate of drug-likeness (QED) is 0.769. The van der Waals surface area contributed by atoms with Gasteiger partial charge in [0.05, 0.1) is 6.04 Å². The number of amides is 1. The molecule has 1 aliphatic heterocycles. The van der Waals surface area contributed by atoms with Gasteiger partial charge in [0.15, 0.2) is 0 Å². The van der Waals surface area contributed by atoms with Crippen molar-refractivity contribution in [2.45, 2.75) is 25.8 Å². The van der Waals surface area contributed by atoms with Crippen LogP contribution in [-0.4, -0.2) is 17.4 Å². The van der Waals surface area contributed by atoms with Gasteiger partial charge in [0.1, 0.15) is 0 Å². The van der Waals surface area contributed by atoms with Gasteiger partial charge >= 0.3 is 0 Å². The van der Waals surface area contributed by atoms with Crippen molar-refractivity contribution in [2.24, 2.45) is 0 Å². The van der Waals surface area contributed by atoms with Gasteiger partial charge in [-0.2, -0.15) is 0 Å². The van der Waals surface area contributed by atoms with Gasteiger partial charge in [0, 0.05) is 12.6 Å². The maximum Gasteiger partial charge on any atom is 0.247 e. The average molecular weight is 291 g/mol. The summed E-state index contributed by atoms with van der Waals surface area (Å²) in [5.74, 6) is 0.104. The lowest BCUT2D eigenvalue weighted by atomic mass is 10.0. The van der Waals surface area contributed by atoms with Gasteiger partial charge in [-0.3, -0.25) is 4.79 Å². The molecule has 2 aromatic rings. The van der Waals surface area contributed by atoms with Crippen LogP contribution in [0.3, 0.4) is 0 Å². The SMILES string of the molecule is Cc1cccc(C=CC(=O)N2CCCC2c2ccccc2)c1. The predicted molar refractivity (Wildman–Crippen MR) is 90.3 cm³/mol. The lowest BCUT2D eigenvalue weighted by molar-refractivity contribution is -0.126. The molecule has 0 spiro atoms. The van der Waals surface area contributed by atoms with Gasteiger partial charge in [-0.05, 0) is 37.0 Å². The number of hydrogen-bond donors (Lipinski definition) is 0. The monoisotopic (exact) mass is 291 g/mol. The fourth-order valence-electron chi connectivity index (χ4n) is 3.09. The molecule has 3 rings (SSSR count). The van der Waals surface area contributed by atoms with Crippen molar-refractivity contribution >= 4 is 12.0 Å². The Labute approximate surface area is 132 Å². The molecule has 0 radical (unpaired) electrons. The summed E-state index contributed by atoms with van der Waals surface area (Å²) >= 11 is 0. The maximum atomic E-state index is 12.5. The number of carbonyl (C=O) groups is 1. The Morgan fingerprint density at radius 3 is 2.73 bits per heavy atom. The molecule has 1 amide bonds. The third-order valence-corrected chi connectivity index (χ3v) is 4.18. The number of nitrogens with zero attached hydrogens (tertiary/aromatic N) is 1. The molecule has 2 aromatic carbocycles. The molecule has 2 heteroatoms. The van der Waals surface area contributed by atoms with Gasteiger partial charge in [0.25, 0.3) is 0 Å². The van der Waals surface area contributed by atoms with Crippen LogP contribution in [-0.2, 0) is 4.79 Å². The summed E-state index contributed by atoms with van der Waals surface area (Å²) in [4.78, 5) is 14.5. The van der Waals surface area contributed by atoms with E-state index in [9.17, 15) is 4.79 Å². The van der Waals surface area contributed by atoms with Crippen LogP contribution in [0, 0.1) is 6.92 Å². The highest BCUT2D eigenvalue weighted by Gasteiger charge is 2.28. The van der Waals surface area contributed by atoms with E-state index in [1.807, 2.05) is 41.3 Å². The van der Waals surface area contributed by atoms with Gasteiger partial charge in [-0.1, -0.05) is 60.2 Å². The van der Waals surface area contributed by atoms with Gasteiger partial charge in [-0.15, -0.1) is 0 Å². The minimum atomic E-state index is 0.104. The molecule has 0 aliphatic carbocycles. The van der Waals surface area contributed by atoms with E-state index in [4.69, 9.17) is 0 Å². The third-order valence-electron chi connectivity index (χ3n) is 4.18. The molecule has 22 heavy (non-hydrogen) atoms. The maximum absolute atomic E-state index is 12.5. The van der Waals surface area contributed by atoms with Crippen molar-refractivity contribution in [1.82, 2.24) is 4.90 Å². The standard InChI is InChI=1S/C20H21NO/c1-16-7-5-8-17(15-16)12-13-20(22)21-14-6-11-19(21)18-9-3-2-4-10-18/h2-5,7-10,12-13,15,19H,6,11,14H2,1H3. The summed E-state index contributed by atoms with van der Waals surface area (Å²) in [6.07, 6.45) is 5.74. The van der Waals surface area contributed by atoms with Crippen molar-refractivity contribution in [3.8, 4) is 0 Å². The summed E-state index contributed by atoms with van der Waals surface area (Å²) in [6.45, 7) is 2.90. The number of carbonyl (C=O) groups excluding carboxylic acids is 1. The molecule has 1 heterocycles. The topological polar surface area (TPSA) is 20.3 Å². The van der Waals surface area contributed by atoms with Crippen LogP contribution < -0.4 is 0 Å². The number of likely N-dealkylation sites (tertiary alicyclic amines) is 1. The second-order valence-electron chi connectivity index (χ2n) is 5.85. The molecule has 0 N–H and O–H groups in total. The fourth-order valence-corrected chi connectivity index (χ4v) is 3.09. The molecule has 2 nitrogen and oxygen atoms in total. The largest absolute Gasteiger partial charge is 0.332 e. The lowest BCUT2D eigenvalue weighted by Crippen LogP contribution is -2.28. The first kappa shape index (κ1) is 14.6. The first-order valence-electron chi connectivity index (χ1n) is 7.84. The number of aryl methyl sites for hydroxylation is 1. The van der Waals surface area contributed by atoms with Gasteiger partial charge < -0.3 is 4.90 Å². The zero-order chi connectivity index (χ0) is 15.4. The highest BCUT2D eigenvalue weighted by molar-refractivity contribution is 5.92. The van der Waals surface area contributed by atoms with Crippen LogP contribution in [0.1, 0.15) is 35.6 Å². The molecule has 112 valence electrons. The summed E-state index contributed by atoms with van der Waals surface area (Å²) in [7, 11) is 0. The first-order chi connectivity index (χ1) is 10.7. The van der Waals surface area contributed by atoms with E-state index in [0.29, 0.717) is 0 Å². The van der Waals surface area contributed by atoms with Crippen molar-refractivity contribution in [3.63, 3.8) is 0 Å². The Morgan fingerprint density at radius 1 is 1.14 bits per heavy atom. The summed E-state index contributed by atoms with van der Waals surface area (Å²) in [5.41, 5.74) is 3.51. The van der Waals surface area contributed by atoms with Crippen LogP contribution in [0.15, 0.2) is 60.7 Å². The van der Waals surface area contributed by atoms with E-state index in [1.165, 1.54) is 11.1 Å². The second kappa shape index (κ2) is 6.61. The normalized spacial score (nSPS) is 18.0. The Hall–Kier alpha value is -2.35. The number of rotatable bonds is 3. The molecule has 1 fully saturated rings. The van der Waals surface area contributed by atoms with E-state index in [2.05, 4.69) is 31.2 Å². The van der Waals surface area contributed by atoms with Crippen LogP contribution in [0.4, 0.5) is 0 Å². The van der Waals surface area contributed by atoms with Crippen molar-refractivity contribution in [3.05, 3.63) is 77.4 Å². The predicted octanol–water partition coefficient (Wildman–Crippen LogP) is 4.37. The molecule has 1 saturated heterocycles. The van der Waals surface area contributed by atoms with E-state index >= 15 is 0 Å². The van der Waals surface area contributed by atoms with Crippen molar-refractivity contribution in [2.75, 3.05) is 6.54 Å². The Kier molecular flexibility index (Phi) is 4.38. The van der Waals surface area contributed by atoms with Crippen LogP contribution in [0.2, 0.25) is 0 Å². The molecule has 1 unspecified atom stereocenters. The summed E-state index contributed by atoms with van der Waals surface area (Å²) in [6, 6.07) is 18.7. The average Bonchev–Trinajstić information content (AvgIpc) is 3.03. The van der Waals surface area contributed by atoms with E-state index in [1.54, 1.807) is 6.08 Å². The Morgan fingerprint density at radius 2 is 1.95 bits per heavy atom. The van der Waals surface area contributed by atoms with Gasteiger partial charge in [-0.25, -0.2) is 0 Å². The molecular formula is C20H21NO. The summed E-state index contributed by atoms with van der Waals surface area (Å²) in [5, 5.41) is 0. The third kappa shape index (κ3) is 3.28. The van der Waals surface area contributed by atoms with E-state index in [0.717, 1.165) is 24.9 Å². The lowest BCUT2D eigenvalue weighted by Gasteiger charge is -2.23. The fraction of sp³-hybridized carbons (Fsp3) is 0.250. The molecule has 1 atom stereocenters. The number of hydrogen-bond acceptors (Lipinski definition) is 1. The summed E-state index contributed by atoms with van der Waals surface area (Å²) < 4.78 is 0. The van der Waals surface area contributed by atoms with Crippen molar-refractivity contribution < 1.29 is 4.79 Å². The minimum absolute atomic E-state index is 0.104. The van der Waals surface area contributed by atoms with E-state index in [-0.39, 0.29) is 11.9 Å². The van der Waals surface area contributed by atoms with Crippen LogP contribution in [0.25, 0.3) is 6.08 Å².